The molecule has 0 aliphatic carbocycles. The van der Waals surface area contributed by atoms with E-state index in [0.29, 0.717) is 12.0 Å². The molecule has 0 saturated heterocycles. The highest BCUT2D eigenvalue weighted by atomic mass is 16.6. The van der Waals surface area contributed by atoms with E-state index in [1.54, 1.807) is 39.0 Å². The van der Waals surface area contributed by atoms with Crippen molar-refractivity contribution < 1.29 is 24.2 Å². The molecule has 2 aromatic carbocycles. The molecule has 38 heavy (non-hydrogen) atoms. The summed E-state index contributed by atoms with van der Waals surface area (Å²) in [6, 6.07) is 14.5. The molecule has 3 N–H and O–H groups in total. The Kier molecular flexibility index (Phi) is 12.0. The smallest absolute Gasteiger partial charge is 0.408 e. The van der Waals surface area contributed by atoms with Gasteiger partial charge in [-0.25, -0.2) is 4.79 Å². The molecule has 8 nitrogen and oxygen atoms in total. The van der Waals surface area contributed by atoms with Crippen LogP contribution in [0.25, 0.3) is 6.08 Å². The first-order valence-corrected chi connectivity index (χ1v) is 13.0. The van der Waals surface area contributed by atoms with Gasteiger partial charge in [-0.3, -0.25) is 9.59 Å². The number of nitrogens with one attached hydrogen (secondary N) is 2. The van der Waals surface area contributed by atoms with Crippen LogP contribution in [-0.2, 0) is 20.9 Å². The summed E-state index contributed by atoms with van der Waals surface area (Å²) >= 11 is 0. The Morgan fingerprint density at radius 1 is 1.08 bits per heavy atom. The van der Waals surface area contributed by atoms with Crippen molar-refractivity contribution in [3.8, 4) is 0 Å². The van der Waals surface area contributed by atoms with E-state index < -0.39 is 36.3 Å². The second kappa shape index (κ2) is 14.9. The fourth-order valence-corrected chi connectivity index (χ4v) is 3.94. The molecule has 0 saturated carbocycles. The van der Waals surface area contributed by atoms with Crippen molar-refractivity contribution in [3.63, 3.8) is 0 Å². The minimum atomic E-state index is -1.28. The first kappa shape index (κ1) is 30.6. The van der Waals surface area contributed by atoms with Crippen molar-refractivity contribution in [3.05, 3.63) is 77.9 Å². The summed E-state index contributed by atoms with van der Waals surface area (Å²) in [4.78, 5) is 41.4. The quantitative estimate of drug-likeness (QED) is 0.333. The molecule has 0 spiro atoms. The van der Waals surface area contributed by atoms with Gasteiger partial charge in [0.1, 0.15) is 17.7 Å². The van der Waals surface area contributed by atoms with Crippen molar-refractivity contribution in [2.75, 3.05) is 13.2 Å². The second-order valence-corrected chi connectivity index (χ2v) is 10.1. The van der Waals surface area contributed by atoms with E-state index in [1.807, 2.05) is 49.4 Å². The summed E-state index contributed by atoms with van der Waals surface area (Å²) in [6.45, 7) is 10.9. The van der Waals surface area contributed by atoms with Gasteiger partial charge in [0.05, 0.1) is 6.61 Å². The number of aliphatic hydroxyl groups is 1. The molecule has 0 aliphatic heterocycles. The van der Waals surface area contributed by atoms with E-state index in [1.165, 1.54) is 4.90 Å². The van der Waals surface area contributed by atoms with Gasteiger partial charge in [-0.1, -0.05) is 81.0 Å². The van der Waals surface area contributed by atoms with Gasteiger partial charge >= 0.3 is 6.09 Å². The molecule has 2 aromatic rings. The van der Waals surface area contributed by atoms with Crippen molar-refractivity contribution in [1.29, 1.82) is 0 Å². The molecule has 206 valence electrons. The normalized spacial score (nSPS) is 12.7. The van der Waals surface area contributed by atoms with E-state index in [9.17, 15) is 19.5 Å². The Balaban J connectivity index is 2.44. The minimum absolute atomic E-state index is 0.265. The van der Waals surface area contributed by atoms with Crippen LogP contribution in [0.3, 0.4) is 0 Å². The SMILES string of the molecule is C=Cc1cccc(C(C(=O)NCc2ccccc2)N(CCCCC)C(=O)C(CO)NC(=O)OC(C)(C)C)c1. The molecule has 3 amide bonds. The van der Waals surface area contributed by atoms with Crippen LogP contribution in [-0.4, -0.2) is 52.7 Å². The number of hydrogen-bond acceptors (Lipinski definition) is 5. The summed E-state index contributed by atoms with van der Waals surface area (Å²) < 4.78 is 5.29. The van der Waals surface area contributed by atoms with E-state index in [2.05, 4.69) is 17.2 Å². The maximum Gasteiger partial charge on any atom is 0.408 e. The Morgan fingerprint density at radius 3 is 2.39 bits per heavy atom. The third kappa shape index (κ3) is 9.67. The van der Waals surface area contributed by atoms with Gasteiger partial charge in [0.15, 0.2) is 0 Å². The molecule has 2 atom stereocenters. The zero-order chi connectivity index (χ0) is 28.1. The maximum atomic E-state index is 13.8. The van der Waals surface area contributed by atoms with Gasteiger partial charge < -0.3 is 25.4 Å². The number of carbonyl (C=O) groups is 3. The number of aliphatic hydroxyl groups excluding tert-OH is 1. The number of amides is 3. The molecule has 0 aromatic heterocycles. The Morgan fingerprint density at radius 2 is 1.79 bits per heavy atom. The van der Waals surface area contributed by atoms with Gasteiger partial charge in [-0.05, 0) is 49.9 Å². The van der Waals surface area contributed by atoms with E-state index in [-0.39, 0.29) is 19.0 Å². The Bertz CT molecular complexity index is 1070. The zero-order valence-corrected chi connectivity index (χ0v) is 22.9. The molecule has 0 fully saturated rings. The molecule has 0 bridgehead atoms. The van der Waals surface area contributed by atoms with Crippen molar-refractivity contribution in [2.45, 2.75) is 71.2 Å². The van der Waals surface area contributed by atoms with Crippen LogP contribution in [0.1, 0.15) is 69.7 Å². The van der Waals surface area contributed by atoms with Crippen LogP contribution in [0.5, 0.6) is 0 Å². The lowest BCUT2D eigenvalue weighted by molar-refractivity contribution is -0.143. The summed E-state index contributed by atoms with van der Waals surface area (Å²) in [5.74, 6) is -0.938. The summed E-state index contributed by atoms with van der Waals surface area (Å²) in [7, 11) is 0. The predicted octanol–water partition coefficient (Wildman–Crippen LogP) is 4.59. The third-order valence-corrected chi connectivity index (χ3v) is 5.79. The van der Waals surface area contributed by atoms with Crippen molar-refractivity contribution in [2.24, 2.45) is 0 Å². The topological polar surface area (TPSA) is 108 Å². The number of alkyl carbamates (subject to hydrolysis) is 1. The van der Waals surface area contributed by atoms with Gasteiger partial charge in [-0.2, -0.15) is 0 Å². The molecular formula is C30H41N3O5. The lowest BCUT2D eigenvalue weighted by atomic mass is 9.99. The second-order valence-electron chi connectivity index (χ2n) is 10.1. The van der Waals surface area contributed by atoms with Crippen molar-refractivity contribution in [1.82, 2.24) is 15.5 Å². The van der Waals surface area contributed by atoms with Crippen LogP contribution in [0, 0.1) is 0 Å². The van der Waals surface area contributed by atoms with Crippen LogP contribution in [0.2, 0.25) is 0 Å². The summed E-state index contributed by atoms with van der Waals surface area (Å²) in [5.41, 5.74) is 1.55. The average Bonchev–Trinajstić information content (AvgIpc) is 2.89. The van der Waals surface area contributed by atoms with E-state index >= 15 is 0 Å². The minimum Gasteiger partial charge on any atom is -0.444 e. The van der Waals surface area contributed by atoms with Crippen LogP contribution < -0.4 is 10.6 Å². The highest BCUT2D eigenvalue weighted by Gasteiger charge is 2.36. The third-order valence-electron chi connectivity index (χ3n) is 5.79. The summed E-state index contributed by atoms with van der Waals surface area (Å²) in [6.07, 6.45) is 3.26. The van der Waals surface area contributed by atoms with Gasteiger partial charge in [0.2, 0.25) is 11.8 Å². The molecule has 0 radical (unpaired) electrons. The molecule has 2 rings (SSSR count). The lowest BCUT2D eigenvalue weighted by Crippen LogP contribution is -2.54. The Labute approximate surface area is 226 Å². The lowest BCUT2D eigenvalue weighted by Gasteiger charge is -2.34. The van der Waals surface area contributed by atoms with Gasteiger partial charge in [-0.15, -0.1) is 0 Å². The van der Waals surface area contributed by atoms with Crippen LogP contribution in [0.4, 0.5) is 4.79 Å². The molecule has 2 unspecified atom stereocenters. The Hall–Kier alpha value is -3.65. The number of hydrogen-bond donors (Lipinski definition) is 3. The number of benzene rings is 2. The highest BCUT2D eigenvalue weighted by molar-refractivity contribution is 5.92. The van der Waals surface area contributed by atoms with Gasteiger partial charge in [0, 0.05) is 13.1 Å². The first-order chi connectivity index (χ1) is 18.1. The zero-order valence-electron chi connectivity index (χ0n) is 22.9. The molecule has 0 aliphatic rings. The summed E-state index contributed by atoms with van der Waals surface area (Å²) in [5, 5.41) is 15.5. The average molecular weight is 524 g/mol. The van der Waals surface area contributed by atoms with E-state index in [0.717, 1.165) is 24.0 Å². The molecule has 8 heteroatoms. The number of unbranched alkanes of at least 4 members (excludes halogenated alkanes) is 2. The van der Waals surface area contributed by atoms with Crippen LogP contribution in [0.15, 0.2) is 61.2 Å². The fraction of sp³-hybridized carbons (Fsp3) is 0.433. The highest BCUT2D eigenvalue weighted by Crippen LogP contribution is 2.25. The predicted molar refractivity (Wildman–Crippen MR) is 149 cm³/mol. The number of ether oxygens (including phenoxy) is 1. The molecule has 0 heterocycles. The van der Waals surface area contributed by atoms with E-state index in [4.69, 9.17) is 4.74 Å². The largest absolute Gasteiger partial charge is 0.444 e. The fourth-order valence-electron chi connectivity index (χ4n) is 3.94. The maximum absolute atomic E-state index is 13.8. The van der Waals surface area contributed by atoms with Gasteiger partial charge in [0.25, 0.3) is 0 Å². The number of rotatable bonds is 13. The first-order valence-electron chi connectivity index (χ1n) is 13.0. The standard InChI is InChI=1S/C30H41N3O5/c1-6-8-12-18-33(28(36)25(21-34)32-29(37)38-30(3,4)5)26(24-17-13-16-22(7-2)19-24)27(35)31-20-23-14-10-9-11-15-23/h7,9-11,13-17,19,25-26,34H,2,6,8,12,18,20-21H2,1,3-5H3,(H,31,35)(H,32,37). The number of carbonyl (C=O) groups excluding carboxylic acids is 3. The van der Waals surface area contributed by atoms with Crippen molar-refractivity contribution >= 4 is 24.0 Å². The monoisotopic (exact) mass is 523 g/mol. The van der Waals surface area contributed by atoms with Crippen LogP contribution >= 0.6 is 0 Å². The molecular weight excluding hydrogens is 482 g/mol. The number of nitrogens with zero attached hydrogens (tertiary/aromatic N) is 1.